The van der Waals surface area contributed by atoms with Crippen molar-refractivity contribution >= 4 is 31.8 Å². The Balaban J connectivity index is 5.44. The van der Waals surface area contributed by atoms with Gasteiger partial charge in [-0.3, -0.25) is 18.3 Å². The van der Waals surface area contributed by atoms with Crippen LogP contribution in [0.3, 0.4) is 0 Å². The summed E-state index contributed by atoms with van der Waals surface area (Å²) in [6.07, 6.45) is 0.449. The third-order valence-electron chi connectivity index (χ3n) is 2.94. The van der Waals surface area contributed by atoms with Gasteiger partial charge < -0.3 is 0 Å². The lowest BCUT2D eigenvalue weighted by molar-refractivity contribution is -0.115. The first-order chi connectivity index (χ1) is 10.5. The van der Waals surface area contributed by atoms with Crippen LogP contribution >= 0.6 is 0 Å². The molecule has 23 heavy (non-hydrogen) atoms. The molecule has 0 fully saturated rings. The monoisotopic (exact) mass is 368 g/mol. The van der Waals surface area contributed by atoms with Crippen molar-refractivity contribution in [2.75, 3.05) is 7.11 Å². The number of carbonyl (C=O) groups is 2. The fourth-order valence-corrected chi connectivity index (χ4v) is 3.69. The van der Waals surface area contributed by atoms with Gasteiger partial charge in [0.1, 0.15) is 0 Å². The summed E-state index contributed by atoms with van der Waals surface area (Å²) in [5, 5.41) is -3.30. The molecule has 0 amide bonds. The first-order valence-corrected chi connectivity index (χ1v) is 9.84. The molecule has 0 radical (unpaired) electrons. The summed E-state index contributed by atoms with van der Waals surface area (Å²) < 4.78 is 58.8. The van der Waals surface area contributed by atoms with Gasteiger partial charge in [0.25, 0.3) is 20.2 Å². The molecule has 0 heterocycles. The van der Waals surface area contributed by atoms with Crippen molar-refractivity contribution in [3.05, 3.63) is 0 Å². The summed E-state index contributed by atoms with van der Waals surface area (Å²) in [6, 6.07) is 0. The van der Waals surface area contributed by atoms with Crippen LogP contribution in [-0.4, -0.2) is 50.6 Å². The highest BCUT2D eigenvalue weighted by atomic mass is 32.2. The van der Waals surface area contributed by atoms with Crippen LogP contribution in [0.15, 0.2) is 0 Å². The Morgan fingerprint density at radius 2 is 1.35 bits per heavy atom. The molecule has 0 aliphatic rings. The molecular formula is C13H20O8S2. The first kappa shape index (κ1) is 21.7. The van der Waals surface area contributed by atoms with Gasteiger partial charge in [0.15, 0.2) is 10.5 Å². The average molecular weight is 368 g/mol. The van der Waals surface area contributed by atoms with Crippen molar-refractivity contribution < 1.29 is 35.2 Å². The van der Waals surface area contributed by atoms with Gasteiger partial charge in [0.2, 0.25) is 11.6 Å². The fraction of sp³-hybridized carbons (Fsp3) is 0.692. The highest BCUT2D eigenvalue weighted by Gasteiger charge is 2.32. The minimum absolute atomic E-state index is 0.0471. The normalized spacial score (nSPS) is 14.4. The first-order valence-electron chi connectivity index (χ1n) is 6.86. The summed E-state index contributed by atoms with van der Waals surface area (Å²) in [7, 11) is -7.90. The molecule has 0 bridgehead atoms. The second kappa shape index (κ2) is 9.12. The number of carbonyl (C=O) groups excluding carboxylic acids is 2. The van der Waals surface area contributed by atoms with Crippen molar-refractivity contribution in [3.63, 3.8) is 0 Å². The van der Waals surface area contributed by atoms with Crippen molar-refractivity contribution in [1.82, 2.24) is 0 Å². The predicted octanol–water partition coefficient (Wildman–Crippen LogP) is 0.329. The topological polar surface area (TPSA) is 132 Å². The second-order valence-corrected chi connectivity index (χ2v) is 8.19. The van der Waals surface area contributed by atoms with Crippen LogP contribution in [-0.2, 0) is 34.0 Å². The van der Waals surface area contributed by atoms with E-state index in [1.165, 1.54) is 0 Å². The molecule has 0 saturated heterocycles. The third kappa shape index (κ3) is 6.78. The Bertz CT molecular complexity index is 694. The van der Waals surface area contributed by atoms with Gasteiger partial charge >= 0.3 is 0 Å². The number of Topliss-reactive ketones (excluding diaryl/α,β-unsaturated/α-hetero) is 2. The Morgan fingerprint density at radius 3 is 1.70 bits per heavy atom. The Kier molecular flexibility index (Phi) is 8.61. The van der Waals surface area contributed by atoms with Crippen LogP contribution in [0.2, 0.25) is 0 Å². The molecule has 0 aliphatic heterocycles. The minimum atomic E-state index is -4.64. The Labute approximate surface area is 136 Å². The molecule has 0 aliphatic carbocycles. The zero-order valence-corrected chi connectivity index (χ0v) is 14.7. The Hall–Kier alpha value is -1.28. The van der Waals surface area contributed by atoms with Crippen molar-refractivity contribution in [2.24, 2.45) is 0 Å². The fourth-order valence-electron chi connectivity index (χ4n) is 1.75. The maximum absolute atomic E-state index is 11.9. The van der Waals surface area contributed by atoms with Gasteiger partial charge in [-0.05, 0) is 24.7 Å². The van der Waals surface area contributed by atoms with Crippen molar-refractivity contribution in [1.29, 1.82) is 0 Å². The van der Waals surface area contributed by atoms with E-state index in [4.69, 9.17) is 4.55 Å². The summed E-state index contributed by atoms with van der Waals surface area (Å²) in [4.78, 5) is 23.6. The van der Waals surface area contributed by atoms with Crippen LogP contribution in [0.1, 0.15) is 39.5 Å². The van der Waals surface area contributed by atoms with E-state index in [1.807, 2.05) is 11.8 Å². The van der Waals surface area contributed by atoms with E-state index in [0.717, 1.165) is 7.11 Å². The van der Waals surface area contributed by atoms with Crippen molar-refractivity contribution in [3.8, 4) is 11.8 Å². The third-order valence-corrected chi connectivity index (χ3v) is 5.72. The summed E-state index contributed by atoms with van der Waals surface area (Å²) in [6.45, 7) is 3.26. The zero-order valence-electron chi connectivity index (χ0n) is 13.1. The number of hydrogen-bond donors (Lipinski definition) is 1. The maximum Gasteiger partial charge on any atom is 0.278 e. The van der Waals surface area contributed by atoms with Gasteiger partial charge in [-0.25, -0.2) is 0 Å². The Morgan fingerprint density at radius 1 is 0.957 bits per heavy atom. The summed E-state index contributed by atoms with van der Waals surface area (Å²) in [5.41, 5.74) is 0. The van der Waals surface area contributed by atoms with Crippen LogP contribution in [0, 0.1) is 11.8 Å². The SMILES string of the molecule is CCCC(C(=O)C#CC(=O)C(CCC)S(=O)(=O)OC)S(=O)(=O)O. The van der Waals surface area contributed by atoms with Crippen LogP contribution in [0.25, 0.3) is 0 Å². The van der Waals surface area contributed by atoms with E-state index in [-0.39, 0.29) is 12.8 Å². The minimum Gasteiger partial charge on any atom is -0.285 e. The standard InChI is InChI=1S/C13H20O8S2/c1-4-6-12(22(16,17)18)10(14)8-9-11(15)13(7-5-2)23(19,20)21-3/h12-13H,4-7H2,1-3H3,(H,16,17,18). The van der Waals surface area contributed by atoms with Crippen LogP contribution in [0.5, 0.6) is 0 Å². The predicted molar refractivity (Wildman–Crippen MR) is 82.7 cm³/mol. The quantitative estimate of drug-likeness (QED) is 0.266. The van der Waals surface area contributed by atoms with Gasteiger partial charge in [-0.15, -0.1) is 0 Å². The number of hydrogen-bond acceptors (Lipinski definition) is 7. The highest BCUT2D eigenvalue weighted by molar-refractivity contribution is 7.88. The highest BCUT2D eigenvalue weighted by Crippen LogP contribution is 2.12. The van der Waals surface area contributed by atoms with E-state index in [1.54, 1.807) is 13.8 Å². The summed E-state index contributed by atoms with van der Waals surface area (Å²) in [5.74, 6) is 1.44. The molecule has 8 nitrogen and oxygen atoms in total. The average Bonchev–Trinajstić information content (AvgIpc) is 2.46. The van der Waals surface area contributed by atoms with E-state index in [9.17, 15) is 26.4 Å². The largest absolute Gasteiger partial charge is 0.285 e. The van der Waals surface area contributed by atoms with E-state index in [0.29, 0.717) is 12.8 Å². The van der Waals surface area contributed by atoms with Gasteiger partial charge in [-0.2, -0.15) is 16.8 Å². The molecule has 0 saturated carbocycles. The molecule has 0 aromatic rings. The van der Waals surface area contributed by atoms with Crippen LogP contribution < -0.4 is 0 Å². The number of ketones is 2. The lowest BCUT2D eigenvalue weighted by atomic mass is 10.1. The van der Waals surface area contributed by atoms with Gasteiger partial charge in [-0.1, -0.05) is 26.7 Å². The van der Waals surface area contributed by atoms with E-state index in [2.05, 4.69) is 4.18 Å². The van der Waals surface area contributed by atoms with Gasteiger partial charge in [0.05, 0.1) is 7.11 Å². The maximum atomic E-state index is 11.9. The molecule has 0 spiro atoms. The molecule has 0 aromatic heterocycles. The number of rotatable bonds is 9. The lowest BCUT2D eigenvalue weighted by Gasteiger charge is -2.10. The molecule has 1 N–H and O–H groups in total. The van der Waals surface area contributed by atoms with E-state index >= 15 is 0 Å². The molecule has 0 rings (SSSR count). The molecule has 2 atom stereocenters. The van der Waals surface area contributed by atoms with Crippen LogP contribution in [0.4, 0.5) is 0 Å². The molecular weight excluding hydrogens is 348 g/mol. The summed E-state index contributed by atoms with van der Waals surface area (Å²) >= 11 is 0. The lowest BCUT2D eigenvalue weighted by Crippen LogP contribution is -2.31. The van der Waals surface area contributed by atoms with Crippen molar-refractivity contribution in [2.45, 2.75) is 50.0 Å². The smallest absolute Gasteiger partial charge is 0.278 e. The second-order valence-electron chi connectivity index (χ2n) is 4.71. The molecule has 0 aromatic carbocycles. The molecule has 10 heteroatoms. The van der Waals surface area contributed by atoms with Gasteiger partial charge in [0, 0.05) is 0 Å². The van der Waals surface area contributed by atoms with E-state index < -0.39 is 42.3 Å². The zero-order chi connectivity index (χ0) is 18.3. The molecule has 132 valence electrons. The molecule has 2 unspecified atom stereocenters.